The van der Waals surface area contributed by atoms with Crippen LogP contribution in [0.4, 0.5) is 11.5 Å². The van der Waals surface area contributed by atoms with Crippen molar-refractivity contribution in [1.82, 2.24) is 25.0 Å². The summed E-state index contributed by atoms with van der Waals surface area (Å²) in [5.41, 5.74) is 6.36. The monoisotopic (exact) mass is 263 g/mol. The highest BCUT2D eigenvalue weighted by atomic mass is 16.5. The average molecular weight is 263 g/mol. The summed E-state index contributed by atoms with van der Waals surface area (Å²) in [6.07, 6.45) is 4.86. The minimum atomic E-state index is 0.0141. The van der Waals surface area contributed by atoms with Gasteiger partial charge >= 0.3 is 0 Å². The van der Waals surface area contributed by atoms with Crippen molar-refractivity contribution >= 4 is 11.5 Å². The molecule has 2 aromatic rings. The van der Waals surface area contributed by atoms with Crippen LogP contribution in [0.3, 0.4) is 0 Å². The van der Waals surface area contributed by atoms with Crippen molar-refractivity contribution in [3.63, 3.8) is 0 Å². The molecular formula is C11H17N7O. The molecule has 2 rings (SSSR count). The first-order chi connectivity index (χ1) is 9.16. The molecule has 19 heavy (non-hydrogen) atoms. The highest BCUT2D eigenvalue weighted by Crippen LogP contribution is 2.25. The Hall–Kier alpha value is -2.38. The van der Waals surface area contributed by atoms with Crippen molar-refractivity contribution in [3.05, 3.63) is 18.7 Å². The smallest absolute Gasteiger partial charge is 0.242 e. The number of aromatic nitrogens is 5. The standard InChI is InChI=1S/C11H17N7O/c1-8(2)19-11-9(12)10(14-7-15-11)13-3-5-18-6-4-16-17-18/h4,6-8H,3,5,12H2,1-2H3,(H,13,14,15). The number of hydrogen-bond donors (Lipinski definition) is 2. The fourth-order valence-electron chi connectivity index (χ4n) is 1.48. The summed E-state index contributed by atoms with van der Waals surface area (Å²) in [6, 6.07) is 0. The highest BCUT2D eigenvalue weighted by Gasteiger charge is 2.10. The van der Waals surface area contributed by atoms with E-state index in [2.05, 4.69) is 25.6 Å². The van der Waals surface area contributed by atoms with Crippen LogP contribution in [0.1, 0.15) is 13.8 Å². The van der Waals surface area contributed by atoms with Crippen molar-refractivity contribution in [2.24, 2.45) is 0 Å². The lowest BCUT2D eigenvalue weighted by atomic mass is 10.4. The summed E-state index contributed by atoms with van der Waals surface area (Å²) in [5, 5.41) is 10.7. The van der Waals surface area contributed by atoms with E-state index in [0.717, 1.165) is 0 Å². The van der Waals surface area contributed by atoms with E-state index in [1.54, 1.807) is 17.1 Å². The number of nitrogens with zero attached hydrogens (tertiary/aromatic N) is 5. The zero-order chi connectivity index (χ0) is 13.7. The maximum absolute atomic E-state index is 5.94. The molecule has 2 aromatic heterocycles. The van der Waals surface area contributed by atoms with Crippen LogP contribution in [0.2, 0.25) is 0 Å². The lowest BCUT2D eigenvalue weighted by Crippen LogP contribution is -2.15. The van der Waals surface area contributed by atoms with Crippen molar-refractivity contribution in [2.45, 2.75) is 26.5 Å². The quantitative estimate of drug-likeness (QED) is 0.784. The number of nitrogens with one attached hydrogen (secondary N) is 1. The van der Waals surface area contributed by atoms with Crippen LogP contribution < -0.4 is 15.8 Å². The minimum absolute atomic E-state index is 0.0141. The Bertz CT molecular complexity index is 512. The predicted molar refractivity (Wildman–Crippen MR) is 70.7 cm³/mol. The van der Waals surface area contributed by atoms with Gasteiger partial charge in [0, 0.05) is 12.7 Å². The van der Waals surface area contributed by atoms with E-state index in [-0.39, 0.29) is 6.10 Å². The van der Waals surface area contributed by atoms with Gasteiger partial charge in [-0.25, -0.2) is 4.98 Å². The lowest BCUT2D eigenvalue weighted by molar-refractivity contribution is 0.234. The van der Waals surface area contributed by atoms with Gasteiger partial charge < -0.3 is 15.8 Å². The molecule has 0 radical (unpaired) electrons. The zero-order valence-corrected chi connectivity index (χ0v) is 10.9. The third kappa shape index (κ3) is 3.54. The van der Waals surface area contributed by atoms with Crippen molar-refractivity contribution in [1.29, 1.82) is 0 Å². The normalized spacial score (nSPS) is 10.7. The second kappa shape index (κ2) is 5.98. The van der Waals surface area contributed by atoms with Gasteiger partial charge in [0.05, 0.1) is 18.8 Å². The summed E-state index contributed by atoms with van der Waals surface area (Å²) in [4.78, 5) is 8.10. The van der Waals surface area contributed by atoms with Gasteiger partial charge in [0.15, 0.2) is 5.82 Å². The fraction of sp³-hybridized carbons (Fsp3) is 0.455. The minimum Gasteiger partial charge on any atom is -0.473 e. The molecule has 0 aromatic carbocycles. The van der Waals surface area contributed by atoms with Crippen LogP contribution in [0.15, 0.2) is 18.7 Å². The van der Waals surface area contributed by atoms with Crippen LogP contribution in [-0.2, 0) is 6.54 Å². The number of nitrogen functional groups attached to an aromatic ring is 1. The maximum Gasteiger partial charge on any atom is 0.242 e. The Morgan fingerprint density at radius 1 is 1.42 bits per heavy atom. The number of nitrogens with two attached hydrogens (primary N) is 1. The Morgan fingerprint density at radius 2 is 2.26 bits per heavy atom. The van der Waals surface area contributed by atoms with Crippen LogP contribution in [0.5, 0.6) is 5.88 Å². The molecular weight excluding hydrogens is 246 g/mol. The Kier molecular flexibility index (Phi) is 4.11. The highest BCUT2D eigenvalue weighted by molar-refractivity contribution is 5.66. The molecule has 0 spiro atoms. The largest absolute Gasteiger partial charge is 0.473 e. The van der Waals surface area contributed by atoms with Gasteiger partial charge in [-0.05, 0) is 13.8 Å². The third-order valence-corrected chi connectivity index (χ3v) is 2.30. The van der Waals surface area contributed by atoms with Crippen LogP contribution in [-0.4, -0.2) is 37.6 Å². The van der Waals surface area contributed by atoms with E-state index in [4.69, 9.17) is 10.5 Å². The maximum atomic E-state index is 5.94. The van der Waals surface area contributed by atoms with Gasteiger partial charge in [0.1, 0.15) is 12.0 Å². The first-order valence-electron chi connectivity index (χ1n) is 6.02. The Labute approximate surface area is 111 Å². The van der Waals surface area contributed by atoms with E-state index in [1.807, 2.05) is 13.8 Å². The molecule has 8 heteroatoms. The molecule has 0 amide bonds. The van der Waals surface area contributed by atoms with Crippen LogP contribution in [0.25, 0.3) is 0 Å². The summed E-state index contributed by atoms with van der Waals surface area (Å²) in [7, 11) is 0. The molecule has 2 heterocycles. The molecule has 0 aliphatic carbocycles. The molecule has 102 valence electrons. The molecule has 8 nitrogen and oxygen atoms in total. The van der Waals surface area contributed by atoms with E-state index < -0.39 is 0 Å². The predicted octanol–water partition coefficient (Wildman–Crippen LogP) is 0.550. The van der Waals surface area contributed by atoms with E-state index >= 15 is 0 Å². The van der Waals surface area contributed by atoms with E-state index in [0.29, 0.717) is 30.5 Å². The molecule has 0 saturated heterocycles. The number of rotatable bonds is 6. The molecule has 0 aliphatic heterocycles. The molecule has 0 saturated carbocycles. The first-order valence-corrected chi connectivity index (χ1v) is 6.02. The number of anilines is 2. The lowest BCUT2D eigenvalue weighted by Gasteiger charge is -2.13. The van der Waals surface area contributed by atoms with Crippen LogP contribution in [0, 0.1) is 0 Å². The fourth-order valence-corrected chi connectivity index (χ4v) is 1.48. The second-order valence-corrected chi connectivity index (χ2v) is 4.20. The van der Waals surface area contributed by atoms with Gasteiger partial charge in [-0.2, -0.15) is 4.98 Å². The van der Waals surface area contributed by atoms with Crippen molar-refractivity contribution in [2.75, 3.05) is 17.6 Å². The molecule has 0 unspecified atom stereocenters. The third-order valence-electron chi connectivity index (χ3n) is 2.30. The Morgan fingerprint density at radius 3 is 2.95 bits per heavy atom. The molecule has 0 aliphatic rings. The summed E-state index contributed by atoms with van der Waals surface area (Å²) >= 11 is 0. The molecule has 3 N–H and O–H groups in total. The molecule has 0 bridgehead atoms. The van der Waals surface area contributed by atoms with Gasteiger partial charge in [-0.3, -0.25) is 4.68 Å². The van der Waals surface area contributed by atoms with Gasteiger partial charge in [-0.15, -0.1) is 5.10 Å². The first kappa shape index (κ1) is 13.1. The van der Waals surface area contributed by atoms with E-state index in [1.165, 1.54) is 6.33 Å². The number of hydrogen-bond acceptors (Lipinski definition) is 7. The second-order valence-electron chi connectivity index (χ2n) is 4.20. The molecule has 0 fully saturated rings. The summed E-state index contributed by atoms with van der Waals surface area (Å²) < 4.78 is 7.21. The number of ether oxygens (including phenoxy) is 1. The SMILES string of the molecule is CC(C)Oc1ncnc(NCCn2ccnn2)c1N. The van der Waals surface area contributed by atoms with E-state index in [9.17, 15) is 0 Å². The zero-order valence-electron chi connectivity index (χ0n) is 10.9. The van der Waals surface area contributed by atoms with Gasteiger partial charge in [-0.1, -0.05) is 5.21 Å². The summed E-state index contributed by atoms with van der Waals surface area (Å²) in [5.74, 6) is 0.957. The van der Waals surface area contributed by atoms with Gasteiger partial charge in [0.2, 0.25) is 5.88 Å². The van der Waals surface area contributed by atoms with Crippen molar-refractivity contribution in [3.8, 4) is 5.88 Å². The van der Waals surface area contributed by atoms with Gasteiger partial charge in [0.25, 0.3) is 0 Å². The van der Waals surface area contributed by atoms with Crippen LogP contribution >= 0.6 is 0 Å². The topological polar surface area (TPSA) is 104 Å². The Balaban J connectivity index is 1.96. The molecule has 0 atom stereocenters. The summed E-state index contributed by atoms with van der Waals surface area (Å²) in [6.45, 7) is 5.13. The average Bonchev–Trinajstić information content (AvgIpc) is 2.86. The van der Waals surface area contributed by atoms with Crippen molar-refractivity contribution < 1.29 is 4.74 Å².